The number of carbonyl (C=O) groups excluding carboxylic acids is 1. The SMILES string of the molecule is CCNc1nnc(C(=O)N2CCSC(C)(C)CC2)s1. The Balaban J connectivity index is 2.02. The summed E-state index contributed by atoms with van der Waals surface area (Å²) >= 11 is 3.27. The number of anilines is 1. The third-order valence-corrected chi connectivity index (χ3v) is 5.30. The van der Waals surface area contributed by atoms with Crippen LogP contribution in [0.4, 0.5) is 5.13 Å². The Hall–Kier alpha value is -0.820. The first-order valence-electron chi connectivity index (χ1n) is 6.52. The van der Waals surface area contributed by atoms with E-state index in [-0.39, 0.29) is 10.7 Å². The van der Waals surface area contributed by atoms with Gasteiger partial charge in [-0.25, -0.2) is 0 Å². The molecule has 0 unspecified atom stereocenters. The number of hydrogen-bond donors (Lipinski definition) is 1. The lowest BCUT2D eigenvalue weighted by atomic mass is 10.1. The summed E-state index contributed by atoms with van der Waals surface area (Å²) in [5, 5.41) is 12.2. The zero-order valence-electron chi connectivity index (χ0n) is 11.6. The standard InChI is InChI=1S/C12H20N4OS2/c1-4-13-11-15-14-9(19-11)10(17)16-6-5-12(2,3)18-8-7-16/h4-8H2,1-3H3,(H,13,15). The molecule has 7 heteroatoms. The van der Waals surface area contributed by atoms with Crippen molar-refractivity contribution in [3.8, 4) is 0 Å². The molecule has 1 fully saturated rings. The largest absolute Gasteiger partial charge is 0.360 e. The van der Waals surface area contributed by atoms with Gasteiger partial charge in [0.15, 0.2) is 0 Å². The van der Waals surface area contributed by atoms with E-state index in [4.69, 9.17) is 0 Å². The molecule has 5 nitrogen and oxygen atoms in total. The van der Waals surface area contributed by atoms with Gasteiger partial charge in [-0.2, -0.15) is 11.8 Å². The molecule has 19 heavy (non-hydrogen) atoms. The number of nitrogens with one attached hydrogen (secondary N) is 1. The first kappa shape index (κ1) is 14.6. The molecule has 1 N–H and O–H groups in total. The van der Waals surface area contributed by atoms with Gasteiger partial charge >= 0.3 is 0 Å². The minimum atomic E-state index is 0.0138. The molecule has 2 heterocycles. The van der Waals surface area contributed by atoms with Crippen LogP contribution in [0, 0.1) is 0 Å². The third kappa shape index (κ3) is 3.82. The highest BCUT2D eigenvalue weighted by atomic mass is 32.2. The fourth-order valence-corrected chi connectivity index (χ4v) is 3.77. The van der Waals surface area contributed by atoms with Crippen LogP contribution >= 0.6 is 23.1 Å². The van der Waals surface area contributed by atoms with Gasteiger partial charge < -0.3 is 10.2 Å². The molecule has 0 aliphatic carbocycles. The van der Waals surface area contributed by atoms with Crippen LogP contribution in [0.25, 0.3) is 0 Å². The Morgan fingerprint density at radius 3 is 2.95 bits per heavy atom. The lowest BCUT2D eigenvalue weighted by molar-refractivity contribution is 0.0763. The minimum absolute atomic E-state index is 0.0138. The monoisotopic (exact) mass is 300 g/mol. The van der Waals surface area contributed by atoms with E-state index >= 15 is 0 Å². The maximum absolute atomic E-state index is 12.4. The van der Waals surface area contributed by atoms with Gasteiger partial charge in [-0.05, 0) is 13.3 Å². The highest BCUT2D eigenvalue weighted by Crippen LogP contribution is 2.31. The summed E-state index contributed by atoms with van der Waals surface area (Å²) in [6.45, 7) is 8.85. The van der Waals surface area contributed by atoms with Gasteiger partial charge in [0, 0.05) is 30.1 Å². The van der Waals surface area contributed by atoms with E-state index in [2.05, 4.69) is 29.4 Å². The van der Waals surface area contributed by atoms with Crippen molar-refractivity contribution < 1.29 is 4.79 Å². The van der Waals surface area contributed by atoms with Crippen LogP contribution in [0.1, 0.15) is 37.0 Å². The molecule has 1 aliphatic rings. The third-order valence-electron chi connectivity index (χ3n) is 3.06. The second-order valence-corrected chi connectivity index (χ2v) is 7.87. The van der Waals surface area contributed by atoms with Crippen molar-refractivity contribution in [2.24, 2.45) is 0 Å². The second-order valence-electron chi connectivity index (χ2n) is 5.09. The molecule has 0 radical (unpaired) electrons. The molecule has 0 spiro atoms. The van der Waals surface area contributed by atoms with Crippen LogP contribution in [-0.4, -0.2) is 51.1 Å². The van der Waals surface area contributed by atoms with Gasteiger partial charge in [-0.3, -0.25) is 4.79 Å². The summed E-state index contributed by atoms with van der Waals surface area (Å²) in [5.74, 6) is 0.998. The highest BCUT2D eigenvalue weighted by Gasteiger charge is 2.27. The van der Waals surface area contributed by atoms with Crippen molar-refractivity contribution in [2.45, 2.75) is 31.9 Å². The van der Waals surface area contributed by atoms with Gasteiger partial charge in [0.1, 0.15) is 0 Å². The molecule has 1 aliphatic heterocycles. The summed E-state index contributed by atoms with van der Waals surface area (Å²) in [7, 11) is 0. The molecule has 1 amide bonds. The first-order valence-corrected chi connectivity index (χ1v) is 8.32. The fourth-order valence-electron chi connectivity index (χ4n) is 1.89. The number of aromatic nitrogens is 2. The predicted octanol–water partition coefficient (Wildman–Crippen LogP) is 2.33. The van der Waals surface area contributed by atoms with Crippen LogP contribution in [0.2, 0.25) is 0 Å². The van der Waals surface area contributed by atoms with E-state index in [0.717, 1.165) is 36.9 Å². The average molecular weight is 300 g/mol. The van der Waals surface area contributed by atoms with Crippen LogP contribution in [0.15, 0.2) is 0 Å². The minimum Gasteiger partial charge on any atom is -0.360 e. The summed E-state index contributed by atoms with van der Waals surface area (Å²) in [6, 6.07) is 0. The van der Waals surface area contributed by atoms with Crippen molar-refractivity contribution in [1.29, 1.82) is 0 Å². The number of rotatable bonds is 3. The number of thioether (sulfide) groups is 1. The van der Waals surface area contributed by atoms with Gasteiger partial charge in [-0.1, -0.05) is 25.2 Å². The van der Waals surface area contributed by atoms with Crippen LogP contribution in [-0.2, 0) is 0 Å². The Morgan fingerprint density at radius 1 is 1.42 bits per heavy atom. The van der Waals surface area contributed by atoms with Crippen molar-refractivity contribution in [2.75, 3.05) is 30.7 Å². The molecule has 2 rings (SSSR count). The highest BCUT2D eigenvalue weighted by molar-refractivity contribution is 8.00. The summed E-state index contributed by atoms with van der Waals surface area (Å²) in [4.78, 5) is 14.3. The molecular weight excluding hydrogens is 280 g/mol. The molecule has 106 valence electrons. The quantitative estimate of drug-likeness (QED) is 0.928. The molecule has 1 aromatic rings. The van der Waals surface area contributed by atoms with Crippen molar-refractivity contribution in [1.82, 2.24) is 15.1 Å². The fraction of sp³-hybridized carbons (Fsp3) is 0.750. The van der Waals surface area contributed by atoms with Gasteiger partial charge in [0.2, 0.25) is 10.1 Å². The molecular formula is C12H20N4OS2. The number of amides is 1. The lowest BCUT2D eigenvalue weighted by Gasteiger charge is -2.21. The number of carbonyl (C=O) groups is 1. The van der Waals surface area contributed by atoms with E-state index in [1.54, 1.807) is 0 Å². The van der Waals surface area contributed by atoms with E-state index in [1.807, 2.05) is 23.6 Å². The van der Waals surface area contributed by atoms with Gasteiger partial charge in [0.05, 0.1) is 0 Å². The maximum Gasteiger partial charge on any atom is 0.284 e. The van der Waals surface area contributed by atoms with Crippen LogP contribution in [0.5, 0.6) is 0 Å². The van der Waals surface area contributed by atoms with Crippen LogP contribution in [0.3, 0.4) is 0 Å². The Bertz CT molecular complexity index is 447. The van der Waals surface area contributed by atoms with Crippen LogP contribution < -0.4 is 5.32 Å². The molecule has 1 aromatic heterocycles. The normalized spacial score (nSPS) is 19.0. The number of hydrogen-bond acceptors (Lipinski definition) is 6. The van der Waals surface area contributed by atoms with E-state index in [9.17, 15) is 4.79 Å². The summed E-state index contributed by atoms with van der Waals surface area (Å²) in [5.41, 5.74) is 0. The Kier molecular flexibility index (Phi) is 4.67. The Morgan fingerprint density at radius 2 is 2.21 bits per heavy atom. The van der Waals surface area contributed by atoms with E-state index < -0.39 is 0 Å². The van der Waals surface area contributed by atoms with Crippen molar-refractivity contribution in [3.05, 3.63) is 5.01 Å². The first-order chi connectivity index (χ1) is 9.02. The van der Waals surface area contributed by atoms with Gasteiger partial charge in [-0.15, -0.1) is 10.2 Å². The molecule has 0 aromatic carbocycles. The van der Waals surface area contributed by atoms with Crippen molar-refractivity contribution in [3.63, 3.8) is 0 Å². The molecule has 1 saturated heterocycles. The van der Waals surface area contributed by atoms with Gasteiger partial charge in [0.25, 0.3) is 5.91 Å². The molecule has 0 saturated carbocycles. The lowest BCUT2D eigenvalue weighted by Crippen LogP contribution is -2.33. The second kappa shape index (κ2) is 6.09. The zero-order valence-corrected chi connectivity index (χ0v) is 13.2. The van der Waals surface area contributed by atoms with E-state index in [1.165, 1.54) is 11.3 Å². The summed E-state index contributed by atoms with van der Waals surface area (Å²) < 4.78 is 0.255. The Labute approximate surface area is 122 Å². The predicted molar refractivity (Wildman–Crippen MR) is 81.1 cm³/mol. The van der Waals surface area contributed by atoms with E-state index in [0.29, 0.717) is 5.01 Å². The topological polar surface area (TPSA) is 58.1 Å². The smallest absolute Gasteiger partial charge is 0.284 e. The number of nitrogens with zero attached hydrogens (tertiary/aromatic N) is 3. The molecule has 0 bridgehead atoms. The molecule has 0 atom stereocenters. The zero-order chi connectivity index (χ0) is 13.9. The maximum atomic E-state index is 12.4. The summed E-state index contributed by atoms with van der Waals surface area (Å²) in [6.07, 6.45) is 1.02. The average Bonchev–Trinajstić information content (AvgIpc) is 2.74. The van der Waals surface area contributed by atoms with Crippen molar-refractivity contribution >= 4 is 34.1 Å².